The number of rotatable bonds is 5. The Morgan fingerprint density at radius 3 is 3.11 bits per heavy atom. The van der Waals surface area contributed by atoms with E-state index in [1.165, 1.54) is 29.9 Å². The predicted molar refractivity (Wildman–Crippen MR) is 71.2 cm³/mol. The summed E-state index contributed by atoms with van der Waals surface area (Å²) in [6.45, 7) is 0.834. The van der Waals surface area contributed by atoms with Crippen LogP contribution in [0.5, 0.6) is 10.9 Å². The summed E-state index contributed by atoms with van der Waals surface area (Å²) in [5.41, 5.74) is 1.20. The molecule has 0 aliphatic heterocycles. The molecule has 1 aliphatic rings. The Kier molecular flexibility index (Phi) is 3.25. The fourth-order valence-corrected chi connectivity index (χ4v) is 2.42. The van der Waals surface area contributed by atoms with Crippen LogP contribution in [0.1, 0.15) is 30.1 Å². The topological polar surface area (TPSA) is 47.0 Å². The second kappa shape index (κ2) is 5.04. The molecule has 94 valence electrons. The molecule has 18 heavy (non-hydrogen) atoms. The fourth-order valence-electron chi connectivity index (χ4n) is 1.79. The molecule has 2 aromatic rings. The van der Waals surface area contributed by atoms with Gasteiger partial charge in [-0.15, -0.1) is 0 Å². The lowest BCUT2D eigenvalue weighted by atomic mass is 10.2. The highest BCUT2D eigenvalue weighted by Crippen LogP contribution is 2.40. The highest BCUT2D eigenvalue weighted by molar-refractivity contribution is 7.07. The van der Waals surface area contributed by atoms with Gasteiger partial charge in [0.25, 0.3) is 5.19 Å². The van der Waals surface area contributed by atoms with E-state index in [2.05, 4.69) is 20.7 Å². The molecule has 5 heteroatoms. The highest BCUT2D eigenvalue weighted by atomic mass is 32.1. The van der Waals surface area contributed by atoms with Gasteiger partial charge in [-0.25, -0.2) is 0 Å². The van der Waals surface area contributed by atoms with E-state index < -0.39 is 0 Å². The molecule has 0 unspecified atom stereocenters. The Morgan fingerprint density at radius 2 is 2.33 bits per heavy atom. The number of benzene rings is 1. The van der Waals surface area contributed by atoms with Gasteiger partial charge in [-0.3, -0.25) is 0 Å². The van der Waals surface area contributed by atoms with Crippen LogP contribution in [0.25, 0.3) is 0 Å². The van der Waals surface area contributed by atoms with Gasteiger partial charge < -0.3 is 10.1 Å². The van der Waals surface area contributed by atoms with Crippen LogP contribution in [0, 0.1) is 0 Å². The lowest BCUT2D eigenvalue weighted by Crippen LogP contribution is -2.04. The van der Waals surface area contributed by atoms with Crippen LogP contribution >= 0.6 is 11.5 Å². The molecular formula is C13H15N3OS. The zero-order chi connectivity index (χ0) is 12.4. The van der Waals surface area contributed by atoms with E-state index in [0.29, 0.717) is 11.1 Å². The average Bonchev–Trinajstić information content (AvgIpc) is 3.12. The molecule has 1 aromatic carbocycles. The van der Waals surface area contributed by atoms with E-state index in [1.807, 2.05) is 25.2 Å². The van der Waals surface area contributed by atoms with Gasteiger partial charge >= 0.3 is 0 Å². The summed E-state index contributed by atoms with van der Waals surface area (Å²) < 4.78 is 10.1. The second-order valence-corrected chi connectivity index (χ2v) is 5.19. The van der Waals surface area contributed by atoms with Crippen molar-refractivity contribution in [1.29, 1.82) is 0 Å². The summed E-state index contributed by atoms with van der Waals surface area (Å²) in [6, 6.07) is 8.02. The maximum atomic E-state index is 5.74. The first-order valence-corrected chi connectivity index (χ1v) is 6.87. The van der Waals surface area contributed by atoms with Gasteiger partial charge in [-0.05, 0) is 37.6 Å². The Morgan fingerprint density at radius 1 is 1.44 bits per heavy atom. The van der Waals surface area contributed by atoms with Crippen LogP contribution in [-0.2, 0) is 6.54 Å². The zero-order valence-electron chi connectivity index (χ0n) is 10.2. The van der Waals surface area contributed by atoms with E-state index in [9.17, 15) is 0 Å². The predicted octanol–water partition coefficient (Wildman–Crippen LogP) is 2.93. The third kappa shape index (κ3) is 2.68. The quantitative estimate of drug-likeness (QED) is 0.899. The molecule has 4 nitrogen and oxygen atoms in total. The van der Waals surface area contributed by atoms with Crippen molar-refractivity contribution in [3.8, 4) is 10.9 Å². The molecule has 0 bridgehead atoms. The Bertz CT molecular complexity index is 537. The summed E-state index contributed by atoms with van der Waals surface area (Å²) in [6.07, 6.45) is 2.43. The Labute approximate surface area is 110 Å². The van der Waals surface area contributed by atoms with Crippen LogP contribution in [-0.4, -0.2) is 16.4 Å². The lowest BCUT2D eigenvalue weighted by Gasteiger charge is -2.04. The normalized spacial score (nSPS) is 14.7. The molecular weight excluding hydrogens is 246 g/mol. The van der Waals surface area contributed by atoms with Gasteiger partial charge in [0.05, 0.1) is 0 Å². The smallest absolute Gasteiger partial charge is 0.298 e. The molecule has 0 atom stereocenters. The monoisotopic (exact) mass is 261 g/mol. The van der Waals surface area contributed by atoms with Crippen molar-refractivity contribution in [3.63, 3.8) is 0 Å². The van der Waals surface area contributed by atoms with Gasteiger partial charge in [0.2, 0.25) is 0 Å². The summed E-state index contributed by atoms with van der Waals surface area (Å²) >= 11 is 1.33. The number of hydrogen-bond donors (Lipinski definition) is 1. The van der Waals surface area contributed by atoms with Crippen LogP contribution in [0.4, 0.5) is 0 Å². The molecule has 1 saturated carbocycles. The number of aromatic nitrogens is 2. The Hall–Kier alpha value is -1.46. The van der Waals surface area contributed by atoms with Crippen LogP contribution < -0.4 is 10.1 Å². The summed E-state index contributed by atoms with van der Waals surface area (Å²) in [5.74, 6) is 2.34. The average molecular weight is 261 g/mol. The molecule has 1 N–H and O–H groups in total. The molecule has 1 heterocycles. The third-order valence-electron chi connectivity index (χ3n) is 2.85. The molecule has 1 aliphatic carbocycles. The van der Waals surface area contributed by atoms with Crippen LogP contribution in [0.2, 0.25) is 0 Å². The summed E-state index contributed by atoms with van der Waals surface area (Å²) in [4.78, 5) is 4.41. The van der Waals surface area contributed by atoms with Crippen LogP contribution in [0.15, 0.2) is 24.3 Å². The number of hydrogen-bond acceptors (Lipinski definition) is 5. The minimum Gasteiger partial charge on any atom is -0.430 e. The SMILES string of the molecule is CNCc1cccc(Oc2nc(C3CC3)ns2)c1. The van der Waals surface area contributed by atoms with Crippen molar-refractivity contribution in [2.24, 2.45) is 0 Å². The second-order valence-electron chi connectivity index (χ2n) is 4.47. The van der Waals surface area contributed by atoms with E-state index >= 15 is 0 Å². The number of nitrogens with one attached hydrogen (secondary N) is 1. The van der Waals surface area contributed by atoms with Gasteiger partial charge in [0.1, 0.15) is 11.6 Å². The minimum absolute atomic E-state index is 0.578. The standard InChI is InChI=1S/C13H15N3OS/c1-14-8-9-3-2-4-11(7-9)17-13-15-12(16-18-13)10-5-6-10/h2-4,7,10,14H,5-6,8H2,1H3. The lowest BCUT2D eigenvalue weighted by molar-refractivity contribution is 0.476. The van der Waals surface area contributed by atoms with E-state index in [0.717, 1.165) is 18.1 Å². The first-order valence-electron chi connectivity index (χ1n) is 6.10. The van der Waals surface area contributed by atoms with Crippen molar-refractivity contribution in [2.45, 2.75) is 25.3 Å². The van der Waals surface area contributed by atoms with Crippen molar-refractivity contribution in [1.82, 2.24) is 14.7 Å². The zero-order valence-corrected chi connectivity index (χ0v) is 11.0. The van der Waals surface area contributed by atoms with E-state index in [4.69, 9.17) is 4.74 Å². The van der Waals surface area contributed by atoms with E-state index in [-0.39, 0.29) is 0 Å². The first-order chi connectivity index (χ1) is 8.85. The summed E-state index contributed by atoms with van der Waals surface area (Å²) in [5, 5.41) is 3.76. The molecule has 0 amide bonds. The maximum absolute atomic E-state index is 5.74. The number of ether oxygens (including phenoxy) is 1. The highest BCUT2D eigenvalue weighted by Gasteiger charge is 2.28. The maximum Gasteiger partial charge on any atom is 0.298 e. The molecule has 3 rings (SSSR count). The third-order valence-corrected chi connectivity index (χ3v) is 3.46. The van der Waals surface area contributed by atoms with Gasteiger partial charge in [-0.2, -0.15) is 9.36 Å². The molecule has 0 radical (unpaired) electrons. The molecule has 1 fully saturated rings. The van der Waals surface area contributed by atoms with Gasteiger partial charge in [-0.1, -0.05) is 12.1 Å². The van der Waals surface area contributed by atoms with E-state index in [1.54, 1.807) is 0 Å². The van der Waals surface area contributed by atoms with Gasteiger partial charge in [0.15, 0.2) is 0 Å². The van der Waals surface area contributed by atoms with Crippen molar-refractivity contribution in [3.05, 3.63) is 35.7 Å². The number of nitrogens with zero attached hydrogens (tertiary/aromatic N) is 2. The molecule has 0 saturated heterocycles. The van der Waals surface area contributed by atoms with Gasteiger partial charge in [0, 0.05) is 24.0 Å². The minimum atomic E-state index is 0.578. The van der Waals surface area contributed by atoms with Crippen LogP contribution in [0.3, 0.4) is 0 Å². The first kappa shape index (κ1) is 11.6. The Balaban J connectivity index is 1.72. The largest absolute Gasteiger partial charge is 0.430 e. The van der Waals surface area contributed by atoms with Crippen molar-refractivity contribution >= 4 is 11.5 Å². The summed E-state index contributed by atoms with van der Waals surface area (Å²) in [7, 11) is 1.93. The van der Waals surface area contributed by atoms with Crippen molar-refractivity contribution in [2.75, 3.05) is 7.05 Å². The van der Waals surface area contributed by atoms with Crippen molar-refractivity contribution < 1.29 is 4.74 Å². The fraction of sp³-hybridized carbons (Fsp3) is 0.385. The molecule has 1 aromatic heterocycles. The molecule has 0 spiro atoms.